The van der Waals surface area contributed by atoms with Gasteiger partial charge in [-0.2, -0.15) is 0 Å². The van der Waals surface area contributed by atoms with Crippen molar-refractivity contribution in [2.75, 3.05) is 19.6 Å². The topological polar surface area (TPSA) is 49.5 Å². The molecule has 0 saturated carbocycles. The van der Waals surface area contributed by atoms with E-state index in [1.54, 1.807) is 6.07 Å². The number of piperidine rings is 1. The van der Waals surface area contributed by atoms with E-state index in [1.807, 2.05) is 13.0 Å². The van der Waals surface area contributed by atoms with Crippen molar-refractivity contribution in [3.63, 3.8) is 0 Å². The van der Waals surface area contributed by atoms with E-state index in [0.29, 0.717) is 5.92 Å². The van der Waals surface area contributed by atoms with Gasteiger partial charge >= 0.3 is 0 Å². The molecule has 4 heteroatoms. The van der Waals surface area contributed by atoms with Crippen LogP contribution >= 0.6 is 0 Å². The van der Waals surface area contributed by atoms with E-state index in [4.69, 9.17) is 5.73 Å². The monoisotopic (exact) mass is 280 g/mol. The molecule has 112 valence electrons. The molecule has 0 aromatic heterocycles. The van der Waals surface area contributed by atoms with Crippen molar-refractivity contribution in [1.29, 1.82) is 0 Å². The Bertz CT molecular complexity index is 417. The summed E-state index contributed by atoms with van der Waals surface area (Å²) in [4.78, 5) is 2.39. The van der Waals surface area contributed by atoms with Crippen molar-refractivity contribution in [2.45, 2.75) is 38.3 Å². The summed E-state index contributed by atoms with van der Waals surface area (Å²) < 4.78 is 13.2. The molecule has 0 amide bonds. The normalized spacial score (nSPS) is 20.8. The van der Waals surface area contributed by atoms with Crippen LogP contribution in [0.3, 0.4) is 0 Å². The van der Waals surface area contributed by atoms with Crippen LogP contribution in [0.2, 0.25) is 0 Å². The fourth-order valence-corrected chi connectivity index (χ4v) is 2.88. The molecule has 3 N–H and O–H groups in total. The quantitative estimate of drug-likeness (QED) is 0.870. The Balaban J connectivity index is 1.76. The average Bonchev–Trinajstić information content (AvgIpc) is 2.45. The lowest BCUT2D eigenvalue weighted by molar-refractivity contribution is 0.0709. The summed E-state index contributed by atoms with van der Waals surface area (Å²) in [5.74, 6) is 0.207. The van der Waals surface area contributed by atoms with Crippen molar-refractivity contribution >= 4 is 0 Å². The van der Waals surface area contributed by atoms with Gasteiger partial charge in [-0.25, -0.2) is 4.39 Å². The zero-order chi connectivity index (χ0) is 14.5. The lowest BCUT2D eigenvalue weighted by Gasteiger charge is -2.33. The molecule has 0 bridgehead atoms. The molecule has 0 radical (unpaired) electrons. The Morgan fingerprint density at radius 2 is 2.10 bits per heavy atom. The summed E-state index contributed by atoms with van der Waals surface area (Å²) in [5.41, 5.74) is 6.99. The molecular weight excluding hydrogens is 255 g/mol. The lowest BCUT2D eigenvalue weighted by atomic mass is 9.92. The molecule has 2 rings (SSSR count). The van der Waals surface area contributed by atoms with Gasteiger partial charge in [0.05, 0.1) is 6.10 Å². The molecule has 0 aliphatic carbocycles. The Morgan fingerprint density at radius 1 is 1.40 bits per heavy atom. The average molecular weight is 280 g/mol. The van der Waals surface area contributed by atoms with Gasteiger partial charge in [0.2, 0.25) is 0 Å². The largest absolute Gasteiger partial charge is 0.393 e. The summed E-state index contributed by atoms with van der Waals surface area (Å²) in [5, 5.41) is 9.58. The van der Waals surface area contributed by atoms with Gasteiger partial charge in [-0.15, -0.1) is 0 Å². The summed E-state index contributed by atoms with van der Waals surface area (Å²) in [6, 6.07) is 6.44. The molecule has 1 aliphatic rings. The van der Waals surface area contributed by atoms with Gasteiger partial charge in [0.1, 0.15) is 5.82 Å². The third-order valence-electron chi connectivity index (χ3n) is 4.35. The third kappa shape index (κ3) is 4.27. The molecule has 1 fully saturated rings. The lowest BCUT2D eigenvalue weighted by Crippen LogP contribution is -2.38. The number of aliphatic hydroxyl groups excluding tert-OH is 1. The van der Waals surface area contributed by atoms with Gasteiger partial charge < -0.3 is 15.7 Å². The highest BCUT2D eigenvalue weighted by molar-refractivity contribution is 5.19. The first-order chi connectivity index (χ1) is 9.56. The van der Waals surface area contributed by atoms with Gasteiger partial charge in [0.25, 0.3) is 0 Å². The Hall–Kier alpha value is -0.970. The van der Waals surface area contributed by atoms with E-state index in [1.165, 1.54) is 12.1 Å². The highest BCUT2D eigenvalue weighted by Crippen LogP contribution is 2.22. The first kappa shape index (κ1) is 15.4. The van der Waals surface area contributed by atoms with Crippen LogP contribution in [-0.4, -0.2) is 35.7 Å². The zero-order valence-electron chi connectivity index (χ0n) is 12.1. The molecule has 1 saturated heterocycles. The highest BCUT2D eigenvalue weighted by atomic mass is 19.1. The van der Waals surface area contributed by atoms with Crippen molar-refractivity contribution in [3.8, 4) is 0 Å². The first-order valence-electron chi connectivity index (χ1n) is 7.47. The van der Waals surface area contributed by atoms with Crippen LogP contribution in [0.1, 0.15) is 37.8 Å². The van der Waals surface area contributed by atoms with Crippen LogP contribution in [-0.2, 0) is 0 Å². The maximum absolute atomic E-state index is 13.2. The Morgan fingerprint density at radius 3 is 2.70 bits per heavy atom. The number of hydrogen-bond acceptors (Lipinski definition) is 3. The molecular formula is C16H25FN2O. The van der Waals surface area contributed by atoms with E-state index < -0.39 is 0 Å². The molecule has 1 aromatic carbocycles. The van der Waals surface area contributed by atoms with Gasteiger partial charge in [-0.1, -0.05) is 12.1 Å². The van der Waals surface area contributed by atoms with E-state index >= 15 is 0 Å². The number of nitrogens with two attached hydrogens (primary N) is 1. The van der Waals surface area contributed by atoms with Gasteiger partial charge in [0, 0.05) is 6.04 Å². The van der Waals surface area contributed by atoms with Gasteiger partial charge in [-0.3, -0.25) is 0 Å². The summed E-state index contributed by atoms with van der Waals surface area (Å²) >= 11 is 0. The van der Waals surface area contributed by atoms with Crippen LogP contribution in [0.4, 0.5) is 4.39 Å². The Labute approximate surface area is 120 Å². The van der Waals surface area contributed by atoms with Crippen molar-refractivity contribution < 1.29 is 9.50 Å². The summed E-state index contributed by atoms with van der Waals surface area (Å²) in [6.07, 6.45) is 2.73. The van der Waals surface area contributed by atoms with Gasteiger partial charge in [0.15, 0.2) is 0 Å². The van der Waals surface area contributed by atoms with Crippen molar-refractivity contribution in [2.24, 2.45) is 11.7 Å². The number of nitrogens with zero attached hydrogens (tertiary/aromatic N) is 1. The minimum absolute atomic E-state index is 0.111. The number of rotatable bonds is 5. The maximum atomic E-state index is 13.2. The number of benzene rings is 1. The van der Waals surface area contributed by atoms with Crippen LogP contribution in [0.15, 0.2) is 24.3 Å². The second-order valence-electron chi connectivity index (χ2n) is 5.87. The second kappa shape index (κ2) is 7.16. The fraction of sp³-hybridized carbons (Fsp3) is 0.625. The predicted octanol–water partition coefficient (Wildman–Crippen LogP) is 2.31. The molecule has 2 atom stereocenters. The second-order valence-corrected chi connectivity index (χ2v) is 5.87. The minimum Gasteiger partial charge on any atom is -0.393 e. The van der Waals surface area contributed by atoms with E-state index in [-0.39, 0.29) is 18.0 Å². The molecule has 2 unspecified atom stereocenters. The molecule has 1 heterocycles. The zero-order valence-corrected chi connectivity index (χ0v) is 12.1. The van der Waals surface area contributed by atoms with Crippen molar-refractivity contribution in [3.05, 3.63) is 35.6 Å². The predicted molar refractivity (Wildman–Crippen MR) is 78.8 cm³/mol. The number of halogens is 1. The van der Waals surface area contributed by atoms with Crippen molar-refractivity contribution in [1.82, 2.24) is 4.90 Å². The molecule has 1 aromatic rings. The standard InChI is InChI=1S/C16H25FN2O/c1-12(20)13-5-8-19(9-6-13)10-7-16(18)14-3-2-4-15(17)11-14/h2-4,11-13,16,20H,5-10,18H2,1H3. The van der Waals surface area contributed by atoms with Crippen LogP contribution < -0.4 is 5.73 Å². The Kier molecular flexibility index (Phi) is 5.52. The minimum atomic E-state index is -0.226. The molecule has 3 nitrogen and oxygen atoms in total. The smallest absolute Gasteiger partial charge is 0.123 e. The van der Waals surface area contributed by atoms with E-state index in [9.17, 15) is 9.50 Å². The van der Waals surface area contributed by atoms with Crippen LogP contribution in [0.25, 0.3) is 0 Å². The van der Waals surface area contributed by atoms with Crippen LogP contribution in [0, 0.1) is 11.7 Å². The maximum Gasteiger partial charge on any atom is 0.123 e. The number of aliphatic hydroxyl groups is 1. The van der Waals surface area contributed by atoms with E-state index in [0.717, 1.165) is 44.5 Å². The highest BCUT2D eigenvalue weighted by Gasteiger charge is 2.22. The molecule has 20 heavy (non-hydrogen) atoms. The summed E-state index contributed by atoms with van der Waals surface area (Å²) in [6.45, 7) is 4.85. The SMILES string of the molecule is CC(O)C1CCN(CCC(N)c2cccc(F)c2)CC1. The molecule has 0 spiro atoms. The van der Waals surface area contributed by atoms with Gasteiger partial charge in [-0.05, 0) is 69.4 Å². The molecule has 1 aliphatic heterocycles. The third-order valence-corrected chi connectivity index (χ3v) is 4.35. The number of hydrogen-bond donors (Lipinski definition) is 2. The fourth-order valence-electron chi connectivity index (χ4n) is 2.88. The summed E-state index contributed by atoms with van der Waals surface area (Å²) in [7, 11) is 0. The number of likely N-dealkylation sites (tertiary alicyclic amines) is 1. The van der Waals surface area contributed by atoms with E-state index in [2.05, 4.69) is 4.90 Å². The van der Waals surface area contributed by atoms with Crippen LogP contribution in [0.5, 0.6) is 0 Å². The first-order valence-corrected chi connectivity index (χ1v) is 7.47.